The standard InChI is InChI=1S/C31H32BrN3O3/c1-20-28(24-18-23(32)14-15-26(24)35-29(20)21-10-6-5-7-11-21)30(37)34-19-22(25-12-8-9-17-33-25)13-16-27(36)38-31(2,3)4/h5-12,14-15,17-18,22H,13,16,19H2,1-4H3,(H,34,37). The van der Waals surface area contributed by atoms with Gasteiger partial charge in [0.25, 0.3) is 5.91 Å². The number of nitrogens with zero attached hydrogens (tertiary/aromatic N) is 2. The van der Waals surface area contributed by atoms with E-state index in [4.69, 9.17) is 9.72 Å². The smallest absolute Gasteiger partial charge is 0.306 e. The molecule has 0 bridgehead atoms. The molecule has 2 heterocycles. The predicted molar refractivity (Wildman–Crippen MR) is 154 cm³/mol. The monoisotopic (exact) mass is 573 g/mol. The van der Waals surface area contributed by atoms with Gasteiger partial charge in [0, 0.05) is 46.2 Å². The summed E-state index contributed by atoms with van der Waals surface area (Å²) >= 11 is 3.54. The van der Waals surface area contributed by atoms with Gasteiger partial charge in [-0.25, -0.2) is 4.98 Å². The van der Waals surface area contributed by atoms with E-state index < -0.39 is 5.60 Å². The minimum Gasteiger partial charge on any atom is -0.460 e. The molecule has 6 nitrogen and oxygen atoms in total. The molecule has 4 rings (SSSR count). The van der Waals surface area contributed by atoms with Crippen LogP contribution in [-0.4, -0.2) is 34.0 Å². The number of hydrogen-bond donors (Lipinski definition) is 1. The van der Waals surface area contributed by atoms with Gasteiger partial charge >= 0.3 is 5.97 Å². The Labute approximate surface area is 232 Å². The molecule has 0 radical (unpaired) electrons. The van der Waals surface area contributed by atoms with Gasteiger partial charge < -0.3 is 10.1 Å². The van der Waals surface area contributed by atoms with E-state index in [-0.39, 0.29) is 24.2 Å². The number of halogens is 1. The lowest BCUT2D eigenvalue weighted by atomic mass is 9.96. The average Bonchev–Trinajstić information content (AvgIpc) is 2.88. The highest BCUT2D eigenvalue weighted by Gasteiger charge is 2.23. The van der Waals surface area contributed by atoms with E-state index in [9.17, 15) is 9.59 Å². The number of pyridine rings is 2. The molecule has 0 fully saturated rings. The summed E-state index contributed by atoms with van der Waals surface area (Å²) in [5.41, 5.74) is 4.14. The maximum Gasteiger partial charge on any atom is 0.306 e. The van der Waals surface area contributed by atoms with E-state index >= 15 is 0 Å². The molecule has 7 heteroatoms. The summed E-state index contributed by atoms with van der Waals surface area (Å²) in [7, 11) is 0. The highest BCUT2D eigenvalue weighted by atomic mass is 79.9. The number of amides is 1. The van der Waals surface area contributed by atoms with Crippen molar-refractivity contribution in [3.05, 3.63) is 94.2 Å². The van der Waals surface area contributed by atoms with Gasteiger partial charge in [-0.05, 0) is 70.0 Å². The third-order valence-corrected chi connectivity index (χ3v) is 6.69. The normalized spacial score (nSPS) is 12.2. The highest BCUT2D eigenvalue weighted by molar-refractivity contribution is 9.10. The van der Waals surface area contributed by atoms with Crippen LogP contribution in [0, 0.1) is 6.92 Å². The van der Waals surface area contributed by atoms with Crippen LogP contribution in [0.15, 0.2) is 77.4 Å². The fraction of sp³-hybridized carbons (Fsp3) is 0.290. The zero-order chi connectivity index (χ0) is 27.3. The number of fused-ring (bicyclic) bond motifs is 1. The number of benzene rings is 2. The molecule has 0 aliphatic rings. The number of rotatable bonds is 8. The Morgan fingerprint density at radius 2 is 1.76 bits per heavy atom. The van der Waals surface area contributed by atoms with Gasteiger partial charge in [-0.15, -0.1) is 0 Å². The summed E-state index contributed by atoms with van der Waals surface area (Å²) in [6, 6.07) is 21.3. The number of nitrogens with one attached hydrogen (secondary N) is 1. The Bertz CT molecular complexity index is 1430. The van der Waals surface area contributed by atoms with Gasteiger partial charge in [0.05, 0.1) is 16.8 Å². The van der Waals surface area contributed by atoms with E-state index in [1.807, 2.05) is 94.4 Å². The molecule has 0 spiro atoms. The first kappa shape index (κ1) is 27.5. The maximum absolute atomic E-state index is 13.8. The van der Waals surface area contributed by atoms with Crippen molar-refractivity contribution in [3.63, 3.8) is 0 Å². The van der Waals surface area contributed by atoms with Gasteiger partial charge in [0.2, 0.25) is 0 Å². The Morgan fingerprint density at radius 3 is 2.45 bits per heavy atom. The molecule has 1 N–H and O–H groups in total. The Hall–Kier alpha value is -3.58. The molecular formula is C31H32BrN3O3. The third kappa shape index (κ3) is 6.84. The van der Waals surface area contributed by atoms with E-state index in [2.05, 4.69) is 26.2 Å². The Morgan fingerprint density at radius 1 is 1.03 bits per heavy atom. The van der Waals surface area contributed by atoms with Crippen LogP contribution >= 0.6 is 15.9 Å². The number of carbonyl (C=O) groups is 2. The first-order valence-corrected chi connectivity index (χ1v) is 13.5. The fourth-order valence-corrected chi connectivity index (χ4v) is 4.82. The van der Waals surface area contributed by atoms with Crippen molar-refractivity contribution in [2.24, 2.45) is 0 Å². The zero-order valence-electron chi connectivity index (χ0n) is 22.1. The van der Waals surface area contributed by atoms with Gasteiger partial charge in [-0.1, -0.05) is 52.3 Å². The average molecular weight is 575 g/mol. The number of aromatic nitrogens is 2. The topological polar surface area (TPSA) is 81.2 Å². The first-order chi connectivity index (χ1) is 18.1. The van der Waals surface area contributed by atoms with Crippen LogP contribution in [0.4, 0.5) is 0 Å². The third-order valence-electron chi connectivity index (χ3n) is 6.20. The van der Waals surface area contributed by atoms with E-state index in [0.717, 1.165) is 37.9 Å². The van der Waals surface area contributed by atoms with E-state index in [1.54, 1.807) is 6.20 Å². The Balaban J connectivity index is 1.63. The molecule has 1 unspecified atom stereocenters. The summed E-state index contributed by atoms with van der Waals surface area (Å²) in [4.78, 5) is 35.6. The van der Waals surface area contributed by atoms with Crippen LogP contribution < -0.4 is 5.32 Å². The molecule has 0 saturated carbocycles. The first-order valence-electron chi connectivity index (χ1n) is 12.7. The lowest BCUT2D eigenvalue weighted by Crippen LogP contribution is -2.30. The van der Waals surface area contributed by atoms with E-state index in [1.165, 1.54) is 0 Å². The summed E-state index contributed by atoms with van der Waals surface area (Å²) < 4.78 is 6.36. The molecule has 1 amide bonds. The van der Waals surface area contributed by atoms with Crippen LogP contribution in [0.1, 0.15) is 61.1 Å². The summed E-state index contributed by atoms with van der Waals surface area (Å²) in [5.74, 6) is -0.608. The van der Waals surface area contributed by atoms with Crippen LogP contribution in [0.3, 0.4) is 0 Å². The number of carbonyl (C=O) groups excluding carboxylic acids is 2. The minimum atomic E-state index is -0.545. The van der Waals surface area contributed by atoms with Crippen LogP contribution in [0.5, 0.6) is 0 Å². The van der Waals surface area contributed by atoms with Crippen molar-refractivity contribution in [3.8, 4) is 11.3 Å². The molecule has 0 aliphatic carbocycles. The van der Waals surface area contributed by atoms with Crippen molar-refractivity contribution in [2.45, 2.75) is 52.1 Å². The largest absolute Gasteiger partial charge is 0.460 e. The lowest BCUT2D eigenvalue weighted by Gasteiger charge is -2.21. The molecule has 0 aliphatic heterocycles. The SMILES string of the molecule is Cc1c(-c2ccccc2)nc2ccc(Br)cc2c1C(=O)NCC(CCC(=O)OC(C)(C)C)c1ccccn1. The summed E-state index contributed by atoms with van der Waals surface area (Å²) in [6.45, 7) is 7.82. The number of ether oxygens (including phenoxy) is 1. The van der Waals surface area contributed by atoms with Gasteiger partial charge in [0.1, 0.15) is 5.60 Å². The molecule has 2 aromatic heterocycles. The molecule has 2 aromatic carbocycles. The summed E-state index contributed by atoms with van der Waals surface area (Å²) in [5, 5.41) is 3.90. The number of esters is 1. The van der Waals surface area contributed by atoms with Crippen LogP contribution in [-0.2, 0) is 9.53 Å². The molecule has 38 heavy (non-hydrogen) atoms. The van der Waals surface area contributed by atoms with Crippen molar-refractivity contribution < 1.29 is 14.3 Å². The fourth-order valence-electron chi connectivity index (χ4n) is 4.46. The number of hydrogen-bond acceptors (Lipinski definition) is 5. The highest BCUT2D eigenvalue weighted by Crippen LogP contribution is 2.31. The zero-order valence-corrected chi connectivity index (χ0v) is 23.7. The second-order valence-electron chi connectivity index (χ2n) is 10.3. The quantitative estimate of drug-likeness (QED) is 0.229. The van der Waals surface area contributed by atoms with Gasteiger partial charge in [0.15, 0.2) is 0 Å². The molecule has 0 saturated heterocycles. The second-order valence-corrected chi connectivity index (χ2v) is 11.2. The Kier molecular flexibility index (Phi) is 8.57. The second kappa shape index (κ2) is 11.9. The van der Waals surface area contributed by atoms with Crippen LogP contribution in [0.2, 0.25) is 0 Å². The molecule has 1 atom stereocenters. The van der Waals surface area contributed by atoms with Crippen molar-refractivity contribution in [1.82, 2.24) is 15.3 Å². The van der Waals surface area contributed by atoms with Gasteiger partial charge in [-0.3, -0.25) is 14.6 Å². The van der Waals surface area contributed by atoms with Crippen molar-refractivity contribution in [1.29, 1.82) is 0 Å². The molecular weight excluding hydrogens is 542 g/mol. The van der Waals surface area contributed by atoms with Gasteiger partial charge in [-0.2, -0.15) is 0 Å². The molecule has 196 valence electrons. The van der Waals surface area contributed by atoms with Crippen molar-refractivity contribution >= 4 is 38.7 Å². The minimum absolute atomic E-state index is 0.151. The van der Waals surface area contributed by atoms with Crippen LogP contribution in [0.25, 0.3) is 22.2 Å². The lowest BCUT2D eigenvalue weighted by molar-refractivity contribution is -0.155. The summed E-state index contributed by atoms with van der Waals surface area (Å²) in [6.07, 6.45) is 2.46. The molecule has 4 aromatic rings. The van der Waals surface area contributed by atoms with E-state index in [0.29, 0.717) is 18.5 Å². The predicted octanol–water partition coefficient (Wildman–Crippen LogP) is 7.00. The maximum atomic E-state index is 13.8. The van der Waals surface area contributed by atoms with Crippen molar-refractivity contribution in [2.75, 3.05) is 6.54 Å².